The minimum Gasteiger partial charge on any atom is -0.344 e. The minimum absolute atomic E-state index is 0.148. The molecule has 0 aromatic heterocycles. The molecule has 0 spiro atoms. The Balaban J connectivity index is 1.52. The van der Waals surface area contributed by atoms with Gasteiger partial charge in [-0.2, -0.15) is 0 Å². The summed E-state index contributed by atoms with van der Waals surface area (Å²) in [6, 6.07) is 19.6. The molecule has 0 unspecified atom stereocenters. The Bertz CT molecular complexity index is 1310. The predicted octanol–water partition coefficient (Wildman–Crippen LogP) is 4.05. The number of likely N-dealkylation sites (N-methyl/N-ethyl adjacent to an activating group) is 1. The van der Waals surface area contributed by atoms with Crippen LogP contribution in [0.1, 0.15) is 35.6 Å². The van der Waals surface area contributed by atoms with Gasteiger partial charge in [-0.05, 0) is 35.7 Å². The second-order valence-electron chi connectivity index (χ2n) is 9.36. The van der Waals surface area contributed by atoms with Gasteiger partial charge >= 0.3 is 0 Å². The van der Waals surface area contributed by atoms with Crippen molar-refractivity contribution in [2.24, 2.45) is 0 Å². The fraction of sp³-hybridized carbons (Fsp3) is 0.233. The highest BCUT2D eigenvalue weighted by atomic mass is 19.1. The Morgan fingerprint density at radius 3 is 2.08 bits per heavy atom. The van der Waals surface area contributed by atoms with Crippen LogP contribution in [0.3, 0.4) is 0 Å². The lowest BCUT2D eigenvalue weighted by Crippen LogP contribution is -2.54. The van der Waals surface area contributed by atoms with Crippen LogP contribution in [0, 0.1) is 11.6 Å². The molecule has 4 rings (SSSR count). The number of carbonyl (C=O) groups excluding carboxylic acids is 3. The lowest BCUT2D eigenvalue weighted by molar-refractivity contribution is -0.137. The molecule has 0 aliphatic carbocycles. The van der Waals surface area contributed by atoms with Crippen LogP contribution in [-0.2, 0) is 20.8 Å². The van der Waals surface area contributed by atoms with Crippen molar-refractivity contribution >= 4 is 17.7 Å². The zero-order valence-corrected chi connectivity index (χ0v) is 21.1. The summed E-state index contributed by atoms with van der Waals surface area (Å²) in [5, 5.41) is 5.38. The van der Waals surface area contributed by atoms with Crippen molar-refractivity contribution in [3.8, 4) is 0 Å². The Kier molecular flexibility index (Phi) is 8.31. The normalized spacial score (nSPS) is 19.9. The average Bonchev–Trinajstić information content (AvgIpc) is 3.01. The van der Waals surface area contributed by atoms with Crippen molar-refractivity contribution in [1.29, 1.82) is 0 Å². The number of amides is 3. The van der Waals surface area contributed by atoms with E-state index in [1.54, 1.807) is 11.9 Å². The van der Waals surface area contributed by atoms with E-state index in [2.05, 4.69) is 10.6 Å². The SMILES string of the molecule is C[C@H](NC(=O)Cc1cc(F)cc(F)c1)C(=O)N[C@@H]1C(=O)N(C)[C@H](c2ccccc2)C=C[C@H]1c1ccccc1. The number of benzene rings is 3. The summed E-state index contributed by atoms with van der Waals surface area (Å²) in [5.41, 5.74) is 1.94. The largest absolute Gasteiger partial charge is 0.344 e. The van der Waals surface area contributed by atoms with Crippen molar-refractivity contribution in [3.63, 3.8) is 0 Å². The van der Waals surface area contributed by atoms with Crippen molar-refractivity contribution in [2.75, 3.05) is 7.05 Å². The van der Waals surface area contributed by atoms with E-state index >= 15 is 0 Å². The highest BCUT2D eigenvalue weighted by Gasteiger charge is 2.37. The number of nitrogens with zero attached hydrogens (tertiary/aromatic N) is 1. The molecule has 0 bridgehead atoms. The van der Waals surface area contributed by atoms with E-state index in [1.807, 2.05) is 72.8 Å². The van der Waals surface area contributed by atoms with Gasteiger partial charge in [0.2, 0.25) is 17.7 Å². The van der Waals surface area contributed by atoms with Crippen molar-refractivity contribution in [3.05, 3.63) is 119 Å². The van der Waals surface area contributed by atoms with Gasteiger partial charge < -0.3 is 15.5 Å². The summed E-state index contributed by atoms with van der Waals surface area (Å²) in [5.74, 6) is -3.43. The lowest BCUT2D eigenvalue weighted by atomic mass is 9.90. The Hall–Kier alpha value is -4.33. The van der Waals surface area contributed by atoms with E-state index in [-0.39, 0.29) is 23.9 Å². The topological polar surface area (TPSA) is 78.5 Å². The van der Waals surface area contributed by atoms with E-state index < -0.39 is 41.5 Å². The van der Waals surface area contributed by atoms with Gasteiger partial charge in [-0.15, -0.1) is 0 Å². The standard InChI is InChI=1S/C30H29F2N3O3/c1-19(33-27(36)17-20-15-23(31)18-24(32)16-20)29(37)34-28-25(21-9-5-3-6-10-21)13-14-26(35(2)30(28)38)22-11-7-4-8-12-22/h3-16,18-19,25-26,28H,17H2,1-2H3,(H,33,36)(H,34,37)/t19-,25-,26-,28-/m0/s1. The molecule has 6 nitrogen and oxygen atoms in total. The first-order chi connectivity index (χ1) is 18.2. The van der Waals surface area contributed by atoms with Gasteiger partial charge in [0.1, 0.15) is 23.7 Å². The minimum atomic E-state index is -0.993. The zero-order valence-electron chi connectivity index (χ0n) is 21.1. The highest BCUT2D eigenvalue weighted by Crippen LogP contribution is 2.32. The molecule has 0 radical (unpaired) electrons. The third-order valence-electron chi connectivity index (χ3n) is 6.57. The molecule has 8 heteroatoms. The Morgan fingerprint density at radius 2 is 1.47 bits per heavy atom. The summed E-state index contributed by atoms with van der Waals surface area (Å²) in [4.78, 5) is 40.9. The maximum absolute atomic E-state index is 13.7. The molecule has 38 heavy (non-hydrogen) atoms. The molecule has 3 aromatic rings. The second-order valence-corrected chi connectivity index (χ2v) is 9.36. The van der Waals surface area contributed by atoms with Gasteiger partial charge in [0, 0.05) is 19.0 Å². The van der Waals surface area contributed by atoms with Crippen LogP contribution < -0.4 is 10.6 Å². The summed E-state index contributed by atoms with van der Waals surface area (Å²) < 4.78 is 26.9. The van der Waals surface area contributed by atoms with E-state index in [9.17, 15) is 23.2 Å². The van der Waals surface area contributed by atoms with Crippen LogP contribution >= 0.6 is 0 Å². The molecule has 3 aromatic carbocycles. The molecule has 0 fully saturated rings. The molecule has 1 heterocycles. The first-order valence-corrected chi connectivity index (χ1v) is 12.3. The molecular weight excluding hydrogens is 488 g/mol. The fourth-order valence-electron chi connectivity index (χ4n) is 4.63. The van der Waals surface area contributed by atoms with Crippen molar-refractivity contribution in [2.45, 2.75) is 37.4 Å². The van der Waals surface area contributed by atoms with Gasteiger partial charge in [0.15, 0.2) is 0 Å². The van der Waals surface area contributed by atoms with E-state index in [1.165, 1.54) is 6.92 Å². The van der Waals surface area contributed by atoms with Crippen LogP contribution in [0.2, 0.25) is 0 Å². The lowest BCUT2D eigenvalue weighted by Gasteiger charge is -2.30. The van der Waals surface area contributed by atoms with Gasteiger partial charge in [0.25, 0.3) is 0 Å². The number of nitrogens with one attached hydrogen (secondary N) is 2. The molecule has 0 saturated carbocycles. The fourth-order valence-corrected chi connectivity index (χ4v) is 4.63. The monoisotopic (exact) mass is 517 g/mol. The maximum atomic E-state index is 13.7. The molecule has 4 atom stereocenters. The van der Waals surface area contributed by atoms with Crippen LogP contribution in [0.5, 0.6) is 0 Å². The van der Waals surface area contributed by atoms with Gasteiger partial charge in [-0.25, -0.2) is 8.78 Å². The van der Waals surface area contributed by atoms with Crippen LogP contribution in [-0.4, -0.2) is 41.8 Å². The predicted molar refractivity (Wildman–Crippen MR) is 140 cm³/mol. The molecule has 0 saturated heterocycles. The third kappa shape index (κ3) is 6.32. The average molecular weight is 518 g/mol. The Morgan fingerprint density at radius 1 is 0.895 bits per heavy atom. The molecule has 1 aliphatic heterocycles. The molecule has 2 N–H and O–H groups in total. The van der Waals surface area contributed by atoms with Gasteiger partial charge in [-0.3, -0.25) is 14.4 Å². The maximum Gasteiger partial charge on any atom is 0.246 e. The highest BCUT2D eigenvalue weighted by molar-refractivity contribution is 5.93. The van der Waals surface area contributed by atoms with Gasteiger partial charge in [-0.1, -0.05) is 72.8 Å². The quantitative estimate of drug-likeness (QED) is 0.464. The van der Waals surface area contributed by atoms with E-state index in [0.717, 1.165) is 29.3 Å². The Labute approximate surface area is 220 Å². The van der Waals surface area contributed by atoms with Crippen molar-refractivity contribution in [1.82, 2.24) is 15.5 Å². The second kappa shape index (κ2) is 11.8. The summed E-state index contributed by atoms with van der Waals surface area (Å²) in [6.07, 6.45) is 3.59. The van der Waals surface area contributed by atoms with Crippen molar-refractivity contribution < 1.29 is 23.2 Å². The number of rotatable bonds is 7. The number of hydrogen-bond acceptors (Lipinski definition) is 3. The molecule has 1 aliphatic rings. The number of halogens is 2. The molecule has 3 amide bonds. The molecule has 196 valence electrons. The number of hydrogen-bond donors (Lipinski definition) is 2. The first-order valence-electron chi connectivity index (χ1n) is 12.3. The zero-order chi connectivity index (χ0) is 27.2. The molecular formula is C30H29F2N3O3. The third-order valence-corrected chi connectivity index (χ3v) is 6.57. The summed E-state index contributed by atoms with van der Waals surface area (Å²) in [7, 11) is 1.69. The van der Waals surface area contributed by atoms with Crippen LogP contribution in [0.15, 0.2) is 91.0 Å². The number of carbonyl (C=O) groups is 3. The van der Waals surface area contributed by atoms with Crippen LogP contribution in [0.25, 0.3) is 0 Å². The van der Waals surface area contributed by atoms with E-state index in [0.29, 0.717) is 0 Å². The van der Waals surface area contributed by atoms with Gasteiger partial charge in [0.05, 0.1) is 12.5 Å². The first kappa shape index (κ1) is 26.7. The van der Waals surface area contributed by atoms with Crippen LogP contribution in [0.4, 0.5) is 8.78 Å². The summed E-state index contributed by atoms with van der Waals surface area (Å²) >= 11 is 0. The summed E-state index contributed by atoms with van der Waals surface area (Å²) in [6.45, 7) is 1.49. The van der Waals surface area contributed by atoms with E-state index in [4.69, 9.17) is 0 Å². The smallest absolute Gasteiger partial charge is 0.246 e.